The van der Waals surface area contributed by atoms with Gasteiger partial charge in [-0.15, -0.1) is 11.3 Å². The molecule has 1 aromatic heterocycles. The monoisotopic (exact) mass is 227 g/mol. The first kappa shape index (κ1) is 11.0. The highest BCUT2D eigenvalue weighted by atomic mass is 32.1. The minimum atomic E-state index is 0.681. The van der Waals surface area contributed by atoms with Gasteiger partial charge in [0.25, 0.3) is 0 Å². The number of aromatic nitrogens is 1. The van der Waals surface area contributed by atoms with Gasteiger partial charge in [-0.25, -0.2) is 4.98 Å². The molecule has 0 saturated carbocycles. The summed E-state index contributed by atoms with van der Waals surface area (Å²) in [5, 5.41) is 3.31. The number of hydrogen-bond acceptors (Lipinski definition) is 5. The van der Waals surface area contributed by atoms with Crippen molar-refractivity contribution in [1.29, 1.82) is 0 Å². The minimum Gasteiger partial charge on any atom is -0.379 e. The molecule has 0 unspecified atom stereocenters. The summed E-state index contributed by atoms with van der Waals surface area (Å²) < 4.78 is 5.31. The Bertz CT molecular complexity index is 297. The molecular weight excluding hydrogens is 210 g/mol. The van der Waals surface area contributed by atoms with Crippen LogP contribution in [0.2, 0.25) is 0 Å². The number of nitrogens with zero attached hydrogens (tertiary/aromatic N) is 2. The van der Waals surface area contributed by atoms with E-state index < -0.39 is 0 Å². The standard InChI is InChI=1S/C10H17N3OS/c11-2-1-9-8-15-10(12-9)7-13-3-5-14-6-4-13/h8H,1-7,11H2. The van der Waals surface area contributed by atoms with E-state index in [9.17, 15) is 0 Å². The van der Waals surface area contributed by atoms with Gasteiger partial charge in [-0.05, 0) is 6.54 Å². The Hall–Kier alpha value is -0.490. The summed E-state index contributed by atoms with van der Waals surface area (Å²) in [6.07, 6.45) is 0.889. The van der Waals surface area contributed by atoms with E-state index in [1.807, 2.05) is 0 Å². The molecule has 1 fully saturated rings. The maximum atomic E-state index is 5.49. The van der Waals surface area contributed by atoms with Crippen molar-refractivity contribution in [2.45, 2.75) is 13.0 Å². The number of thiazole rings is 1. The highest BCUT2D eigenvalue weighted by molar-refractivity contribution is 7.09. The topological polar surface area (TPSA) is 51.4 Å². The summed E-state index contributed by atoms with van der Waals surface area (Å²) in [5.74, 6) is 0. The van der Waals surface area contributed by atoms with Crippen molar-refractivity contribution in [2.24, 2.45) is 5.73 Å². The van der Waals surface area contributed by atoms with Gasteiger partial charge < -0.3 is 10.5 Å². The fraction of sp³-hybridized carbons (Fsp3) is 0.700. The van der Waals surface area contributed by atoms with E-state index in [2.05, 4.69) is 15.3 Å². The zero-order chi connectivity index (χ0) is 10.5. The zero-order valence-corrected chi connectivity index (χ0v) is 9.63. The van der Waals surface area contributed by atoms with Gasteiger partial charge in [0.1, 0.15) is 5.01 Å². The predicted molar refractivity (Wildman–Crippen MR) is 61.0 cm³/mol. The second kappa shape index (κ2) is 5.55. The summed E-state index contributed by atoms with van der Waals surface area (Å²) in [6, 6.07) is 0. The van der Waals surface area contributed by atoms with Crippen molar-refractivity contribution in [3.8, 4) is 0 Å². The number of nitrogens with two attached hydrogens (primary N) is 1. The van der Waals surface area contributed by atoms with Crippen molar-refractivity contribution in [3.05, 3.63) is 16.1 Å². The Labute approximate surface area is 94.1 Å². The first-order chi connectivity index (χ1) is 7.38. The lowest BCUT2D eigenvalue weighted by Crippen LogP contribution is -2.35. The van der Waals surface area contributed by atoms with Crippen LogP contribution in [-0.2, 0) is 17.7 Å². The van der Waals surface area contributed by atoms with Crippen LogP contribution >= 0.6 is 11.3 Å². The van der Waals surface area contributed by atoms with Gasteiger partial charge in [0.2, 0.25) is 0 Å². The molecule has 4 nitrogen and oxygen atoms in total. The predicted octanol–water partition coefficient (Wildman–Crippen LogP) is 0.476. The third kappa shape index (κ3) is 3.24. The van der Waals surface area contributed by atoms with Crippen molar-refractivity contribution in [2.75, 3.05) is 32.8 Å². The lowest BCUT2D eigenvalue weighted by molar-refractivity contribution is 0.0341. The molecule has 84 valence electrons. The van der Waals surface area contributed by atoms with Crippen LogP contribution in [-0.4, -0.2) is 42.7 Å². The van der Waals surface area contributed by atoms with Gasteiger partial charge in [0.05, 0.1) is 25.5 Å². The first-order valence-electron chi connectivity index (χ1n) is 5.32. The van der Waals surface area contributed by atoms with Gasteiger partial charge in [-0.3, -0.25) is 4.90 Å². The number of hydrogen-bond donors (Lipinski definition) is 1. The van der Waals surface area contributed by atoms with Crippen LogP contribution in [0.1, 0.15) is 10.7 Å². The van der Waals surface area contributed by atoms with E-state index in [1.54, 1.807) is 11.3 Å². The van der Waals surface area contributed by atoms with Crippen molar-refractivity contribution >= 4 is 11.3 Å². The van der Waals surface area contributed by atoms with Gasteiger partial charge in [0, 0.05) is 24.9 Å². The van der Waals surface area contributed by atoms with Crippen LogP contribution in [0, 0.1) is 0 Å². The molecule has 0 aliphatic carbocycles. The SMILES string of the molecule is NCCc1csc(CN2CCOCC2)n1. The average Bonchev–Trinajstić information content (AvgIpc) is 2.68. The number of rotatable bonds is 4. The fourth-order valence-corrected chi connectivity index (χ4v) is 2.50. The van der Waals surface area contributed by atoms with Crippen molar-refractivity contribution in [3.63, 3.8) is 0 Å². The van der Waals surface area contributed by atoms with Crippen LogP contribution in [0.25, 0.3) is 0 Å². The van der Waals surface area contributed by atoms with Gasteiger partial charge in [-0.1, -0.05) is 0 Å². The second-order valence-electron chi connectivity index (χ2n) is 3.66. The van der Waals surface area contributed by atoms with Crippen LogP contribution in [0.4, 0.5) is 0 Å². The molecule has 1 saturated heterocycles. The van der Waals surface area contributed by atoms with E-state index >= 15 is 0 Å². The average molecular weight is 227 g/mol. The number of morpholine rings is 1. The molecule has 2 heterocycles. The molecule has 0 spiro atoms. The van der Waals surface area contributed by atoms with Gasteiger partial charge in [-0.2, -0.15) is 0 Å². The Morgan fingerprint density at radius 3 is 3.00 bits per heavy atom. The summed E-state index contributed by atoms with van der Waals surface area (Å²) in [6.45, 7) is 5.37. The summed E-state index contributed by atoms with van der Waals surface area (Å²) in [7, 11) is 0. The Balaban J connectivity index is 1.86. The van der Waals surface area contributed by atoms with E-state index in [-0.39, 0.29) is 0 Å². The summed E-state index contributed by atoms with van der Waals surface area (Å²) >= 11 is 1.73. The molecule has 1 aliphatic heterocycles. The molecule has 5 heteroatoms. The maximum Gasteiger partial charge on any atom is 0.107 e. The third-order valence-electron chi connectivity index (χ3n) is 2.46. The number of ether oxygens (including phenoxy) is 1. The molecule has 2 N–H and O–H groups in total. The van der Waals surface area contributed by atoms with Crippen LogP contribution in [0.3, 0.4) is 0 Å². The lowest BCUT2D eigenvalue weighted by Gasteiger charge is -2.25. The molecule has 0 bridgehead atoms. The highest BCUT2D eigenvalue weighted by Crippen LogP contribution is 2.13. The molecule has 2 rings (SSSR count). The lowest BCUT2D eigenvalue weighted by atomic mass is 10.3. The Kier molecular flexibility index (Phi) is 4.08. The van der Waals surface area contributed by atoms with Crippen molar-refractivity contribution < 1.29 is 4.74 Å². The molecule has 15 heavy (non-hydrogen) atoms. The first-order valence-corrected chi connectivity index (χ1v) is 6.20. The smallest absolute Gasteiger partial charge is 0.107 e. The molecule has 0 aromatic carbocycles. The summed E-state index contributed by atoms with van der Waals surface area (Å²) in [5.41, 5.74) is 6.62. The quantitative estimate of drug-likeness (QED) is 0.812. The molecule has 0 radical (unpaired) electrons. The highest BCUT2D eigenvalue weighted by Gasteiger charge is 2.12. The molecular formula is C10H17N3OS. The molecule has 1 aromatic rings. The van der Waals surface area contributed by atoms with Crippen LogP contribution < -0.4 is 5.73 Å². The maximum absolute atomic E-state index is 5.49. The molecule has 1 aliphatic rings. The van der Waals surface area contributed by atoms with E-state index in [0.717, 1.165) is 45.0 Å². The zero-order valence-electron chi connectivity index (χ0n) is 8.82. The normalized spacial score (nSPS) is 18.2. The van der Waals surface area contributed by atoms with E-state index in [1.165, 1.54) is 5.01 Å². The Morgan fingerprint density at radius 2 is 2.27 bits per heavy atom. The Morgan fingerprint density at radius 1 is 1.47 bits per heavy atom. The minimum absolute atomic E-state index is 0.681. The summed E-state index contributed by atoms with van der Waals surface area (Å²) in [4.78, 5) is 6.93. The van der Waals surface area contributed by atoms with Crippen LogP contribution in [0.5, 0.6) is 0 Å². The largest absolute Gasteiger partial charge is 0.379 e. The van der Waals surface area contributed by atoms with Crippen LogP contribution in [0.15, 0.2) is 5.38 Å². The fourth-order valence-electron chi connectivity index (χ4n) is 1.63. The van der Waals surface area contributed by atoms with Gasteiger partial charge >= 0.3 is 0 Å². The van der Waals surface area contributed by atoms with E-state index in [0.29, 0.717) is 6.54 Å². The van der Waals surface area contributed by atoms with E-state index in [4.69, 9.17) is 10.5 Å². The van der Waals surface area contributed by atoms with Crippen molar-refractivity contribution in [1.82, 2.24) is 9.88 Å². The second-order valence-corrected chi connectivity index (χ2v) is 4.60. The third-order valence-corrected chi connectivity index (χ3v) is 3.34. The van der Waals surface area contributed by atoms with Gasteiger partial charge in [0.15, 0.2) is 0 Å². The molecule has 0 amide bonds. The molecule has 0 atom stereocenters.